The van der Waals surface area contributed by atoms with Crippen LogP contribution in [0.5, 0.6) is 0 Å². The molecule has 0 rings (SSSR count). The summed E-state index contributed by atoms with van der Waals surface area (Å²) in [6.45, 7) is 4.19. The van der Waals surface area contributed by atoms with E-state index in [-0.39, 0.29) is 0 Å². The predicted octanol–water partition coefficient (Wildman–Crippen LogP) is 1.03. The van der Waals surface area contributed by atoms with Crippen molar-refractivity contribution < 1.29 is 8.42 Å². The molecule has 0 aliphatic rings. The van der Waals surface area contributed by atoms with Crippen molar-refractivity contribution in [2.45, 2.75) is 26.7 Å². The average Bonchev–Trinajstić information content (AvgIpc) is 1.63. The standard InChI is InChI=1S/C6H14O2S/c1-6(2)4-3-5-9(7)8/h6,9H,3-5H2,1-2H3. The summed E-state index contributed by atoms with van der Waals surface area (Å²) in [6.07, 6.45) is 1.83. The maximum absolute atomic E-state index is 10.0. The molecule has 0 saturated carbocycles. The Balaban J connectivity index is 3.10. The molecule has 0 saturated heterocycles. The van der Waals surface area contributed by atoms with Gasteiger partial charge in [0.05, 0.1) is 0 Å². The van der Waals surface area contributed by atoms with Gasteiger partial charge in [0.25, 0.3) is 0 Å². The summed E-state index contributed by atoms with van der Waals surface area (Å²) in [7, 11) is -2.13. The highest BCUT2D eigenvalue weighted by Gasteiger charge is 1.93. The third-order valence-corrected chi connectivity index (χ3v) is 1.80. The van der Waals surface area contributed by atoms with E-state index in [4.69, 9.17) is 0 Å². The third-order valence-electron chi connectivity index (χ3n) is 1.12. The van der Waals surface area contributed by atoms with Crippen molar-refractivity contribution in [3.63, 3.8) is 0 Å². The predicted molar refractivity (Wildman–Crippen MR) is 39.3 cm³/mol. The molecule has 0 aromatic carbocycles. The first-order valence-electron chi connectivity index (χ1n) is 3.24. The number of thiol groups is 1. The van der Waals surface area contributed by atoms with Crippen LogP contribution in [0.4, 0.5) is 0 Å². The molecule has 0 aromatic rings. The second-order valence-electron chi connectivity index (χ2n) is 2.59. The van der Waals surface area contributed by atoms with Gasteiger partial charge in [0.15, 0.2) is 0 Å². The van der Waals surface area contributed by atoms with Gasteiger partial charge in [-0.25, -0.2) is 8.42 Å². The molecule has 0 N–H and O–H groups in total. The van der Waals surface area contributed by atoms with Gasteiger partial charge in [-0.2, -0.15) is 0 Å². The van der Waals surface area contributed by atoms with Gasteiger partial charge >= 0.3 is 0 Å². The van der Waals surface area contributed by atoms with E-state index in [0.29, 0.717) is 11.7 Å². The maximum atomic E-state index is 10.0. The minimum atomic E-state index is -2.13. The number of hydrogen-bond acceptors (Lipinski definition) is 2. The fraction of sp³-hybridized carbons (Fsp3) is 1.00. The lowest BCUT2D eigenvalue weighted by Gasteiger charge is -1.98. The molecule has 0 spiro atoms. The highest BCUT2D eigenvalue weighted by atomic mass is 32.2. The molecule has 56 valence electrons. The Kier molecular flexibility index (Phi) is 4.77. The Bertz CT molecular complexity index is 119. The van der Waals surface area contributed by atoms with E-state index < -0.39 is 10.7 Å². The molecule has 0 heterocycles. The van der Waals surface area contributed by atoms with Gasteiger partial charge in [-0.05, 0) is 12.3 Å². The highest BCUT2D eigenvalue weighted by molar-refractivity contribution is 7.72. The van der Waals surface area contributed by atoms with Crippen LogP contribution in [0.25, 0.3) is 0 Å². The Morgan fingerprint density at radius 1 is 1.33 bits per heavy atom. The Labute approximate surface area is 58.2 Å². The van der Waals surface area contributed by atoms with Crippen LogP contribution >= 0.6 is 0 Å². The smallest absolute Gasteiger partial charge is 0.140 e. The van der Waals surface area contributed by atoms with Crippen molar-refractivity contribution >= 4 is 10.7 Å². The maximum Gasteiger partial charge on any atom is 0.140 e. The van der Waals surface area contributed by atoms with Crippen LogP contribution in [0.15, 0.2) is 0 Å². The van der Waals surface area contributed by atoms with Crippen molar-refractivity contribution in [2.75, 3.05) is 5.75 Å². The zero-order valence-electron chi connectivity index (χ0n) is 5.96. The lowest BCUT2D eigenvalue weighted by Crippen LogP contribution is -1.92. The van der Waals surface area contributed by atoms with Gasteiger partial charge in [0.2, 0.25) is 0 Å². The summed E-state index contributed by atoms with van der Waals surface area (Å²) < 4.78 is 20.0. The lowest BCUT2D eigenvalue weighted by atomic mass is 10.1. The van der Waals surface area contributed by atoms with E-state index in [9.17, 15) is 8.42 Å². The van der Waals surface area contributed by atoms with Crippen molar-refractivity contribution in [3.05, 3.63) is 0 Å². The van der Waals surface area contributed by atoms with Gasteiger partial charge in [0, 0.05) is 5.75 Å². The van der Waals surface area contributed by atoms with Gasteiger partial charge < -0.3 is 0 Å². The van der Waals surface area contributed by atoms with Crippen molar-refractivity contribution in [2.24, 2.45) is 5.92 Å². The monoisotopic (exact) mass is 150 g/mol. The molecule has 0 amide bonds. The minimum absolute atomic E-state index is 0.355. The van der Waals surface area contributed by atoms with Crippen LogP contribution in [0.2, 0.25) is 0 Å². The van der Waals surface area contributed by atoms with Gasteiger partial charge in [-0.15, -0.1) is 0 Å². The van der Waals surface area contributed by atoms with Crippen molar-refractivity contribution in [1.29, 1.82) is 0 Å². The molecular formula is C6H14O2S. The molecule has 0 aliphatic heterocycles. The molecule has 0 radical (unpaired) electrons. The highest BCUT2D eigenvalue weighted by Crippen LogP contribution is 2.02. The number of rotatable bonds is 4. The summed E-state index contributed by atoms with van der Waals surface area (Å²) >= 11 is 0. The molecule has 2 nitrogen and oxygen atoms in total. The molecule has 0 aliphatic carbocycles. The van der Waals surface area contributed by atoms with E-state index in [1.807, 2.05) is 0 Å². The van der Waals surface area contributed by atoms with Crippen LogP contribution in [-0.2, 0) is 10.7 Å². The van der Waals surface area contributed by atoms with E-state index in [1.54, 1.807) is 0 Å². The van der Waals surface area contributed by atoms with Crippen LogP contribution in [-0.4, -0.2) is 14.2 Å². The Hall–Kier alpha value is -0.0500. The second-order valence-corrected chi connectivity index (χ2v) is 3.71. The summed E-state index contributed by atoms with van der Waals surface area (Å²) in [5, 5.41) is 0. The first-order chi connectivity index (χ1) is 4.13. The van der Waals surface area contributed by atoms with E-state index in [2.05, 4.69) is 13.8 Å². The summed E-state index contributed by atoms with van der Waals surface area (Å²) in [4.78, 5) is 0. The number of hydrogen-bond donors (Lipinski definition) is 1. The molecular weight excluding hydrogens is 136 g/mol. The molecule has 9 heavy (non-hydrogen) atoms. The molecule has 0 aromatic heterocycles. The molecule has 0 bridgehead atoms. The first-order valence-corrected chi connectivity index (χ1v) is 4.61. The van der Waals surface area contributed by atoms with Gasteiger partial charge in [0.1, 0.15) is 10.7 Å². The summed E-state index contributed by atoms with van der Waals surface area (Å²) in [5.41, 5.74) is 0. The lowest BCUT2D eigenvalue weighted by molar-refractivity contribution is 0.567. The Morgan fingerprint density at radius 3 is 2.22 bits per heavy atom. The van der Waals surface area contributed by atoms with Crippen molar-refractivity contribution in [3.8, 4) is 0 Å². The summed E-state index contributed by atoms with van der Waals surface area (Å²) in [5.74, 6) is 0.980. The fourth-order valence-corrected chi connectivity index (χ4v) is 1.07. The average molecular weight is 150 g/mol. The quantitative estimate of drug-likeness (QED) is 0.607. The normalized spacial score (nSPS) is 11.1. The summed E-state index contributed by atoms with van der Waals surface area (Å²) in [6, 6.07) is 0. The Morgan fingerprint density at radius 2 is 1.89 bits per heavy atom. The zero-order chi connectivity index (χ0) is 7.28. The SMILES string of the molecule is CC(C)CCC[SH](=O)=O. The van der Waals surface area contributed by atoms with E-state index in [1.165, 1.54) is 0 Å². The van der Waals surface area contributed by atoms with E-state index in [0.717, 1.165) is 12.8 Å². The van der Waals surface area contributed by atoms with Crippen LogP contribution in [0.3, 0.4) is 0 Å². The van der Waals surface area contributed by atoms with E-state index >= 15 is 0 Å². The topological polar surface area (TPSA) is 34.1 Å². The molecule has 0 fully saturated rings. The molecule has 0 unspecified atom stereocenters. The first kappa shape index (κ1) is 8.95. The van der Waals surface area contributed by atoms with Crippen LogP contribution in [0.1, 0.15) is 26.7 Å². The van der Waals surface area contributed by atoms with Crippen molar-refractivity contribution in [1.82, 2.24) is 0 Å². The largest absolute Gasteiger partial charge is 0.232 e. The second kappa shape index (κ2) is 4.79. The molecule has 3 heteroatoms. The zero-order valence-corrected chi connectivity index (χ0v) is 6.86. The minimum Gasteiger partial charge on any atom is -0.232 e. The van der Waals surface area contributed by atoms with Crippen LogP contribution in [0, 0.1) is 5.92 Å². The molecule has 0 atom stereocenters. The van der Waals surface area contributed by atoms with Gasteiger partial charge in [-0.1, -0.05) is 20.3 Å². The third kappa shape index (κ3) is 7.95. The van der Waals surface area contributed by atoms with Crippen LogP contribution < -0.4 is 0 Å². The fourth-order valence-electron chi connectivity index (χ4n) is 0.629. The van der Waals surface area contributed by atoms with Gasteiger partial charge in [-0.3, -0.25) is 0 Å².